The lowest BCUT2D eigenvalue weighted by Crippen LogP contribution is -2.47. The smallest absolute Gasteiger partial charge is 0.341 e. The third-order valence-electron chi connectivity index (χ3n) is 4.17. The maximum Gasteiger partial charge on any atom is 0.341 e. The van der Waals surface area contributed by atoms with E-state index in [4.69, 9.17) is 14.2 Å². The van der Waals surface area contributed by atoms with Crippen LogP contribution < -0.4 is 10.1 Å². The van der Waals surface area contributed by atoms with Crippen molar-refractivity contribution in [1.29, 1.82) is 0 Å². The van der Waals surface area contributed by atoms with Crippen LogP contribution in [0.15, 0.2) is 18.2 Å². The summed E-state index contributed by atoms with van der Waals surface area (Å²) in [7, 11) is 2.78. The monoisotopic (exact) mass is 379 g/mol. The molecule has 1 rings (SSSR count). The van der Waals surface area contributed by atoms with Crippen LogP contribution in [0.25, 0.3) is 0 Å². The number of ether oxygens (including phenoxy) is 3. The SMILES string of the molecule is CCOC(CC(C)C)(CC(C)C)C(=O)Nc1ccc(OC)c(C(=O)OC)c1. The number of carbonyl (C=O) groups excluding carboxylic acids is 2. The van der Waals surface area contributed by atoms with Crippen molar-refractivity contribution in [3.8, 4) is 5.75 Å². The second kappa shape index (κ2) is 10.3. The van der Waals surface area contributed by atoms with Gasteiger partial charge in [0.05, 0.1) is 14.2 Å². The fourth-order valence-corrected chi connectivity index (χ4v) is 3.35. The van der Waals surface area contributed by atoms with Gasteiger partial charge in [-0.3, -0.25) is 4.79 Å². The third-order valence-corrected chi connectivity index (χ3v) is 4.17. The number of anilines is 1. The van der Waals surface area contributed by atoms with Gasteiger partial charge in [-0.2, -0.15) is 0 Å². The van der Waals surface area contributed by atoms with Crippen molar-refractivity contribution in [2.45, 2.75) is 53.1 Å². The standard InChI is InChI=1S/C21H33NO5/c1-8-27-21(12-14(2)3,13-15(4)5)20(24)22-16-9-10-18(25-6)17(11-16)19(23)26-7/h9-11,14-15H,8,12-13H2,1-7H3,(H,22,24). The molecule has 0 aromatic heterocycles. The largest absolute Gasteiger partial charge is 0.496 e. The van der Waals surface area contributed by atoms with Crippen molar-refractivity contribution in [3.05, 3.63) is 23.8 Å². The Hall–Kier alpha value is -2.08. The quantitative estimate of drug-likeness (QED) is 0.614. The van der Waals surface area contributed by atoms with Gasteiger partial charge < -0.3 is 19.5 Å². The predicted molar refractivity (Wildman–Crippen MR) is 106 cm³/mol. The summed E-state index contributed by atoms with van der Waals surface area (Å²) in [4.78, 5) is 25.2. The summed E-state index contributed by atoms with van der Waals surface area (Å²) >= 11 is 0. The molecule has 0 saturated heterocycles. The fourth-order valence-electron chi connectivity index (χ4n) is 3.35. The summed E-state index contributed by atoms with van der Waals surface area (Å²) < 4.78 is 16.0. The molecule has 1 aromatic carbocycles. The van der Waals surface area contributed by atoms with Crippen LogP contribution in [-0.4, -0.2) is 38.3 Å². The van der Waals surface area contributed by atoms with Crippen molar-refractivity contribution in [2.24, 2.45) is 11.8 Å². The van der Waals surface area contributed by atoms with Gasteiger partial charge in [0.25, 0.3) is 5.91 Å². The highest BCUT2D eigenvalue weighted by molar-refractivity contribution is 5.99. The molecule has 152 valence electrons. The number of nitrogens with one attached hydrogen (secondary N) is 1. The van der Waals surface area contributed by atoms with E-state index < -0.39 is 11.6 Å². The van der Waals surface area contributed by atoms with Gasteiger partial charge in [0, 0.05) is 12.3 Å². The molecule has 6 heteroatoms. The molecule has 0 bridgehead atoms. The van der Waals surface area contributed by atoms with E-state index in [9.17, 15) is 9.59 Å². The number of methoxy groups -OCH3 is 2. The molecule has 0 atom stereocenters. The predicted octanol–water partition coefficient (Wildman–Crippen LogP) is 4.29. The second-order valence-corrected chi connectivity index (χ2v) is 7.48. The molecule has 0 heterocycles. The van der Waals surface area contributed by atoms with Gasteiger partial charge in [0.2, 0.25) is 0 Å². The first-order valence-electron chi connectivity index (χ1n) is 9.40. The van der Waals surface area contributed by atoms with Crippen LogP contribution in [0.5, 0.6) is 5.75 Å². The number of carbonyl (C=O) groups is 2. The van der Waals surface area contributed by atoms with Crippen LogP contribution in [0, 0.1) is 11.8 Å². The summed E-state index contributed by atoms with van der Waals surface area (Å²) in [5.41, 5.74) is -0.159. The van der Waals surface area contributed by atoms with Crippen molar-refractivity contribution in [2.75, 3.05) is 26.1 Å². The van der Waals surface area contributed by atoms with Crippen molar-refractivity contribution in [3.63, 3.8) is 0 Å². The Labute approximate surface area is 162 Å². The third kappa shape index (κ3) is 6.24. The normalized spacial score (nSPS) is 11.6. The van der Waals surface area contributed by atoms with E-state index in [0.29, 0.717) is 42.7 Å². The molecule has 0 aliphatic carbocycles. The van der Waals surface area contributed by atoms with E-state index in [2.05, 4.69) is 33.0 Å². The molecule has 0 fully saturated rings. The molecule has 0 unspecified atom stereocenters. The first-order chi connectivity index (χ1) is 12.7. The summed E-state index contributed by atoms with van der Waals surface area (Å²) in [5.74, 6) is 0.251. The molecule has 27 heavy (non-hydrogen) atoms. The van der Waals surface area contributed by atoms with Crippen molar-refractivity contribution in [1.82, 2.24) is 0 Å². The lowest BCUT2D eigenvalue weighted by atomic mass is 9.83. The van der Waals surface area contributed by atoms with E-state index in [1.54, 1.807) is 18.2 Å². The number of hydrogen-bond acceptors (Lipinski definition) is 5. The number of amides is 1. The lowest BCUT2D eigenvalue weighted by molar-refractivity contribution is -0.146. The first-order valence-corrected chi connectivity index (χ1v) is 9.40. The Morgan fingerprint density at radius 2 is 1.67 bits per heavy atom. The topological polar surface area (TPSA) is 73.9 Å². The Balaban J connectivity index is 3.22. The maximum atomic E-state index is 13.2. The maximum absolute atomic E-state index is 13.2. The van der Waals surface area contributed by atoms with E-state index in [1.165, 1.54) is 14.2 Å². The van der Waals surface area contributed by atoms with Gasteiger partial charge in [-0.1, -0.05) is 27.7 Å². The molecule has 0 aliphatic heterocycles. The minimum Gasteiger partial charge on any atom is -0.496 e. The van der Waals surface area contributed by atoms with Gasteiger partial charge >= 0.3 is 5.97 Å². The molecule has 0 saturated carbocycles. The Kier molecular flexibility index (Phi) is 8.76. The summed E-state index contributed by atoms with van der Waals surface area (Å²) in [5, 5.41) is 2.92. The Morgan fingerprint density at radius 1 is 1.07 bits per heavy atom. The van der Waals surface area contributed by atoms with Crippen LogP contribution in [0.3, 0.4) is 0 Å². The molecule has 0 radical (unpaired) electrons. The van der Waals surface area contributed by atoms with E-state index in [0.717, 1.165) is 0 Å². The van der Waals surface area contributed by atoms with Gasteiger partial charge in [-0.25, -0.2) is 4.79 Å². The number of rotatable bonds is 10. The molecule has 0 aliphatic rings. The van der Waals surface area contributed by atoms with Crippen LogP contribution in [0.4, 0.5) is 5.69 Å². The van der Waals surface area contributed by atoms with Crippen LogP contribution in [0.2, 0.25) is 0 Å². The fraction of sp³-hybridized carbons (Fsp3) is 0.619. The molecule has 6 nitrogen and oxygen atoms in total. The summed E-state index contributed by atoms with van der Waals surface area (Å²) in [6, 6.07) is 4.89. The van der Waals surface area contributed by atoms with Crippen LogP contribution >= 0.6 is 0 Å². The molecular weight excluding hydrogens is 346 g/mol. The summed E-state index contributed by atoms with van der Waals surface area (Å²) in [6.45, 7) is 10.6. The number of benzene rings is 1. The molecule has 1 aromatic rings. The zero-order chi connectivity index (χ0) is 20.6. The second-order valence-electron chi connectivity index (χ2n) is 7.48. The minimum absolute atomic E-state index is 0.201. The van der Waals surface area contributed by atoms with Gasteiger partial charge in [0.15, 0.2) is 0 Å². The van der Waals surface area contributed by atoms with Gasteiger partial charge in [-0.05, 0) is 49.8 Å². The molecule has 0 spiro atoms. The Morgan fingerprint density at radius 3 is 2.11 bits per heavy atom. The van der Waals surface area contributed by atoms with Crippen LogP contribution in [0.1, 0.15) is 57.8 Å². The first kappa shape index (κ1) is 23.0. The summed E-state index contributed by atoms with van der Waals surface area (Å²) in [6.07, 6.45) is 1.23. The van der Waals surface area contributed by atoms with E-state index in [1.807, 2.05) is 6.92 Å². The van der Waals surface area contributed by atoms with E-state index >= 15 is 0 Å². The molecular formula is C21H33NO5. The zero-order valence-corrected chi connectivity index (χ0v) is 17.5. The van der Waals surface area contributed by atoms with Crippen molar-refractivity contribution >= 4 is 17.6 Å². The average Bonchev–Trinajstić information content (AvgIpc) is 2.59. The average molecular weight is 379 g/mol. The van der Waals surface area contributed by atoms with Crippen molar-refractivity contribution < 1.29 is 23.8 Å². The number of esters is 1. The molecule has 1 amide bonds. The highest BCUT2D eigenvalue weighted by Gasteiger charge is 2.40. The minimum atomic E-state index is -0.914. The Bertz CT molecular complexity index is 629. The highest BCUT2D eigenvalue weighted by atomic mass is 16.5. The van der Waals surface area contributed by atoms with Crippen LogP contribution in [-0.2, 0) is 14.3 Å². The zero-order valence-electron chi connectivity index (χ0n) is 17.5. The van der Waals surface area contributed by atoms with Gasteiger partial charge in [-0.15, -0.1) is 0 Å². The highest BCUT2D eigenvalue weighted by Crippen LogP contribution is 2.31. The van der Waals surface area contributed by atoms with E-state index in [-0.39, 0.29) is 11.5 Å². The number of hydrogen-bond donors (Lipinski definition) is 1. The molecule has 1 N–H and O–H groups in total. The van der Waals surface area contributed by atoms with Gasteiger partial charge in [0.1, 0.15) is 16.9 Å². The lowest BCUT2D eigenvalue weighted by Gasteiger charge is -2.35.